The fraction of sp³-hybridized carbons (Fsp3) is 0.417. The molecule has 1 aromatic heterocycles. The fourth-order valence-electron chi connectivity index (χ4n) is 2.20. The van der Waals surface area contributed by atoms with Crippen LogP contribution in [0.4, 0.5) is 4.39 Å². The highest BCUT2D eigenvalue weighted by Crippen LogP contribution is 2.17. The second-order valence-electron chi connectivity index (χ2n) is 4.71. The third kappa shape index (κ3) is 3.75. The lowest BCUT2D eigenvalue weighted by atomic mass is 10.1. The van der Waals surface area contributed by atoms with Gasteiger partial charge < -0.3 is 10.0 Å². The van der Waals surface area contributed by atoms with Crippen LogP contribution in [0.2, 0.25) is 0 Å². The number of hydrogen-bond acceptors (Lipinski definition) is 5. The minimum absolute atomic E-state index is 0.128. The van der Waals surface area contributed by atoms with Gasteiger partial charge in [0.25, 0.3) is 5.91 Å². The number of pyridine rings is 1. The van der Waals surface area contributed by atoms with E-state index in [0.29, 0.717) is 0 Å². The van der Waals surface area contributed by atoms with Crippen molar-refractivity contribution in [1.29, 1.82) is 0 Å². The summed E-state index contributed by atoms with van der Waals surface area (Å²) >= 11 is 0. The number of nitrogens with zero attached hydrogens (tertiary/aromatic N) is 2. The Bertz CT molecular complexity index is 676. The molecule has 1 atom stereocenters. The smallest absolute Gasteiger partial charge is 0.305 e. The lowest BCUT2D eigenvalue weighted by molar-refractivity contribution is -0.138. The molecule has 1 N–H and O–H groups in total. The van der Waals surface area contributed by atoms with Crippen LogP contribution in [0, 0.1) is 5.95 Å². The molecule has 0 spiro atoms. The molecule has 1 aliphatic heterocycles. The summed E-state index contributed by atoms with van der Waals surface area (Å²) in [5, 5.41) is 8.84. The van der Waals surface area contributed by atoms with Crippen LogP contribution in [0.25, 0.3) is 0 Å². The molecule has 1 fully saturated rings. The van der Waals surface area contributed by atoms with E-state index in [1.807, 2.05) is 0 Å². The predicted molar refractivity (Wildman–Crippen MR) is 69.9 cm³/mol. The van der Waals surface area contributed by atoms with E-state index in [2.05, 4.69) is 4.98 Å². The third-order valence-electron chi connectivity index (χ3n) is 3.14. The van der Waals surface area contributed by atoms with Crippen LogP contribution >= 0.6 is 0 Å². The summed E-state index contributed by atoms with van der Waals surface area (Å²) in [6.45, 7) is -0.128. The summed E-state index contributed by atoms with van der Waals surface area (Å²) in [7, 11) is -3.39. The van der Waals surface area contributed by atoms with Crippen molar-refractivity contribution >= 4 is 21.7 Å². The summed E-state index contributed by atoms with van der Waals surface area (Å²) < 4.78 is 36.2. The van der Waals surface area contributed by atoms with Gasteiger partial charge in [-0.25, -0.2) is 13.4 Å². The maximum absolute atomic E-state index is 13.1. The Kier molecular flexibility index (Phi) is 4.21. The molecule has 0 saturated carbocycles. The SMILES string of the molecule is O=C(O)CC1CS(=O)(=O)CCN1C(=O)c1cccc(F)n1. The zero-order valence-corrected chi connectivity index (χ0v) is 11.7. The molecule has 2 rings (SSSR count). The normalized spacial score (nSPS) is 21.0. The maximum atomic E-state index is 13.1. The number of carboxylic acid groups (broad SMARTS) is 1. The van der Waals surface area contributed by atoms with E-state index < -0.39 is 45.9 Å². The van der Waals surface area contributed by atoms with Crippen molar-refractivity contribution in [2.75, 3.05) is 18.1 Å². The van der Waals surface area contributed by atoms with Crippen LogP contribution in [0.5, 0.6) is 0 Å². The van der Waals surface area contributed by atoms with Gasteiger partial charge in [-0.2, -0.15) is 4.39 Å². The number of halogens is 1. The highest BCUT2D eigenvalue weighted by molar-refractivity contribution is 7.91. The van der Waals surface area contributed by atoms with Gasteiger partial charge in [0.05, 0.1) is 24.0 Å². The number of aromatic nitrogens is 1. The van der Waals surface area contributed by atoms with Crippen molar-refractivity contribution in [3.63, 3.8) is 0 Å². The van der Waals surface area contributed by atoms with E-state index in [0.717, 1.165) is 11.0 Å². The summed E-state index contributed by atoms with van der Waals surface area (Å²) in [5.74, 6) is -3.37. The Morgan fingerprint density at radius 2 is 2.14 bits per heavy atom. The zero-order chi connectivity index (χ0) is 15.6. The Hall–Kier alpha value is -2.03. The van der Waals surface area contributed by atoms with Crippen LogP contribution in [-0.2, 0) is 14.6 Å². The number of sulfone groups is 1. The molecule has 2 heterocycles. The predicted octanol–water partition coefficient (Wildman–Crippen LogP) is -0.0654. The highest BCUT2D eigenvalue weighted by Gasteiger charge is 2.36. The molecular weight excluding hydrogens is 303 g/mol. The Morgan fingerprint density at radius 1 is 1.43 bits per heavy atom. The molecule has 0 bridgehead atoms. The average molecular weight is 316 g/mol. The zero-order valence-electron chi connectivity index (χ0n) is 10.9. The molecule has 1 aromatic rings. The van der Waals surface area contributed by atoms with E-state index >= 15 is 0 Å². The first kappa shape index (κ1) is 15.4. The number of aliphatic carboxylic acids is 1. The van der Waals surface area contributed by atoms with E-state index in [4.69, 9.17) is 5.11 Å². The number of amides is 1. The van der Waals surface area contributed by atoms with Crippen molar-refractivity contribution in [1.82, 2.24) is 9.88 Å². The Labute approximate surface area is 120 Å². The van der Waals surface area contributed by atoms with E-state index in [9.17, 15) is 22.4 Å². The van der Waals surface area contributed by atoms with Crippen molar-refractivity contribution in [2.24, 2.45) is 0 Å². The van der Waals surface area contributed by atoms with Gasteiger partial charge in [-0.05, 0) is 12.1 Å². The average Bonchev–Trinajstić information content (AvgIpc) is 2.36. The first-order valence-electron chi connectivity index (χ1n) is 6.14. The molecule has 1 aliphatic rings. The van der Waals surface area contributed by atoms with Gasteiger partial charge in [0.15, 0.2) is 9.84 Å². The van der Waals surface area contributed by atoms with Gasteiger partial charge in [-0.3, -0.25) is 9.59 Å². The minimum atomic E-state index is -3.39. The molecule has 1 saturated heterocycles. The molecule has 1 amide bonds. The van der Waals surface area contributed by atoms with Crippen LogP contribution in [0.3, 0.4) is 0 Å². The molecule has 1 unspecified atom stereocenters. The first-order valence-corrected chi connectivity index (χ1v) is 7.96. The van der Waals surface area contributed by atoms with Gasteiger partial charge in [0.2, 0.25) is 5.95 Å². The van der Waals surface area contributed by atoms with Gasteiger partial charge >= 0.3 is 5.97 Å². The standard InChI is InChI=1S/C12H13FN2O5S/c13-10-3-1-2-9(14-10)12(18)15-4-5-21(19,20)7-8(15)6-11(16)17/h1-3,8H,4-7H2,(H,16,17). The van der Waals surface area contributed by atoms with Crippen LogP contribution in [-0.4, -0.2) is 59.4 Å². The van der Waals surface area contributed by atoms with Gasteiger partial charge in [-0.15, -0.1) is 0 Å². The van der Waals surface area contributed by atoms with E-state index in [1.165, 1.54) is 12.1 Å². The summed E-state index contributed by atoms with van der Waals surface area (Å²) in [5.41, 5.74) is -0.176. The molecule has 0 radical (unpaired) electrons. The van der Waals surface area contributed by atoms with Crippen molar-refractivity contribution < 1.29 is 27.5 Å². The molecule has 0 aliphatic carbocycles. The van der Waals surface area contributed by atoms with Crippen LogP contribution < -0.4 is 0 Å². The number of carbonyl (C=O) groups is 2. The fourth-order valence-corrected chi connectivity index (χ4v) is 3.72. The lowest BCUT2D eigenvalue weighted by Crippen LogP contribution is -2.52. The Morgan fingerprint density at radius 3 is 2.76 bits per heavy atom. The van der Waals surface area contributed by atoms with Gasteiger partial charge in [0.1, 0.15) is 5.69 Å². The molecule has 21 heavy (non-hydrogen) atoms. The molecular formula is C12H13FN2O5S. The van der Waals surface area contributed by atoms with Crippen molar-refractivity contribution in [2.45, 2.75) is 12.5 Å². The van der Waals surface area contributed by atoms with Crippen molar-refractivity contribution in [3.05, 3.63) is 29.8 Å². The van der Waals surface area contributed by atoms with Crippen LogP contribution in [0.15, 0.2) is 18.2 Å². The number of hydrogen-bond donors (Lipinski definition) is 1. The third-order valence-corrected chi connectivity index (χ3v) is 4.83. The second-order valence-corrected chi connectivity index (χ2v) is 6.94. The molecule has 9 heteroatoms. The number of carbonyl (C=O) groups excluding carboxylic acids is 1. The largest absolute Gasteiger partial charge is 0.481 e. The second kappa shape index (κ2) is 5.76. The summed E-state index contributed by atoms with van der Waals surface area (Å²) in [6.07, 6.45) is -0.486. The molecule has 7 nitrogen and oxygen atoms in total. The van der Waals surface area contributed by atoms with Crippen LogP contribution in [0.1, 0.15) is 16.9 Å². The highest BCUT2D eigenvalue weighted by atomic mass is 32.2. The number of carboxylic acids is 1. The van der Waals surface area contributed by atoms with E-state index in [1.54, 1.807) is 0 Å². The Balaban J connectivity index is 2.27. The maximum Gasteiger partial charge on any atom is 0.305 e. The first-order chi connectivity index (χ1) is 9.78. The van der Waals surface area contributed by atoms with Gasteiger partial charge in [-0.1, -0.05) is 6.07 Å². The van der Waals surface area contributed by atoms with Gasteiger partial charge in [0, 0.05) is 6.54 Å². The quantitative estimate of drug-likeness (QED) is 0.783. The summed E-state index contributed by atoms with van der Waals surface area (Å²) in [6, 6.07) is 2.71. The number of rotatable bonds is 3. The summed E-state index contributed by atoms with van der Waals surface area (Å²) in [4.78, 5) is 27.7. The van der Waals surface area contributed by atoms with E-state index in [-0.39, 0.29) is 18.0 Å². The topological polar surface area (TPSA) is 105 Å². The van der Waals surface area contributed by atoms with Crippen molar-refractivity contribution in [3.8, 4) is 0 Å². The monoisotopic (exact) mass is 316 g/mol. The molecule has 114 valence electrons. The lowest BCUT2D eigenvalue weighted by Gasteiger charge is -2.34. The minimum Gasteiger partial charge on any atom is -0.481 e. The molecule has 0 aromatic carbocycles.